The Morgan fingerprint density at radius 1 is 0.186 bits per heavy atom. The first kappa shape index (κ1) is 63.4. The fourth-order valence-corrected chi connectivity index (χ4v) is 66.6. The van der Waals surface area contributed by atoms with E-state index >= 15 is 0 Å². The van der Waals surface area contributed by atoms with Gasteiger partial charge in [0.15, 0.2) is 33.3 Å². The van der Waals surface area contributed by atoms with Crippen molar-refractivity contribution in [3.8, 4) is 0 Å². The number of benzene rings is 8. The summed E-state index contributed by atoms with van der Waals surface area (Å²) in [7, 11) is -51.9. The van der Waals surface area contributed by atoms with Crippen molar-refractivity contribution >= 4 is 145 Å². The van der Waals surface area contributed by atoms with Crippen molar-refractivity contribution in [2.45, 2.75) is 78.6 Å². The topological polar surface area (TPSA) is 129 Å². The molecule has 4 bridgehead atoms. The van der Waals surface area contributed by atoms with E-state index in [2.05, 4.69) is 78.6 Å². The average Bonchev–Trinajstić information content (AvgIpc) is 0.801. The van der Waals surface area contributed by atoms with E-state index < -0.39 is 104 Å². The van der Waals surface area contributed by atoms with Gasteiger partial charge in [-0.2, -0.15) is 0 Å². The van der Waals surface area contributed by atoms with Crippen LogP contribution in [-0.2, 0) is 57.6 Å². The molecule has 8 aromatic carbocycles. The first-order valence-corrected chi connectivity index (χ1v) is 56.4. The molecule has 4 fully saturated rings. The Bertz CT molecular complexity index is 3050. The Hall–Kier alpha value is -4.20. The van der Waals surface area contributed by atoms with Gasteiger partial charge in [-0.3, -0.25) is 0 Å². The van der Waals surface area contributed by atoms with Crippen molar-refractivity contribution in [1.29, 1.82) is 0 Å². The molecule has 0 amide bonds. The molecule has 8 aromatic rings. The molecule has 14 nitrogen and oxygen atoms in total. The second-order valence-electron chi connectivity index (χ2n) is 25.3. The summed E-state index contributed by atoms with van der Waals surface area (Å²) >= 11 is 0. The Balaban J connectivity index is 1.45. The van der Waals surface area contributed by atoms with Crippen molar-refractivity contribution in [2.24, 2.45) is 0 Å². The zero-order valence-electron chi connectivity index (χ0n) is 50.8. The largest absolute Gasteiger partial charge is 0.515 e. The molecule has 26 heteroatoms. The van der Waals surface area contributed by atoms with Crippen LogP contribution < -0.4 is 41.5 Å². The van der Waals surface area contributed by atoms with Crippen LogP contribution in [0.1, 0.15) is 0 Å². The van der Waals surface area contributed by atoms with Crippen molar-refractivity contribution in [2.75, 3.05) is 0 Å². The molecule has 0 spiro atoms. The van der Waals surface area contributed by atoms with Gasteiger partial charge < -0.3 is 57.6 Å². The molecule has 0 aliphatic carbocycles. The molecule has 4 saturated heterocycles. The highest BCUT2D eigenvalue weighted by Gasteiger charge is 2.81. The average molecular weight is 1360 g/mol. The second-order valence-corrected chi connectivity index (χ2v) is 67.1. The molecule has 4 heterocycles. The van der Waals surface area contributed by atoms with Crippen molar-refractivity contribution in [1.82, 2.24) is 0 Å². The minimum absolute atomic E-state index is 0.515. The lowest BCUT2D eigenvalue weighted by atomic mass is 10.4. The monoisotopic (exact) mass is 1360 g/mol. The van der Waals surface area contributed by atoms with Crippen LogP contribution in [0.25, 0.3) is 0 Å². The summed E-state index contributed by atoms with van der Waals surface area (Å²) in [6, 6.07) is 78.5. The van der Waals surface area contributed by atoms with E-state index in [1.807, 2.05) is 243 Å². The third-order valence-electron chi connectivity index (χ3n) is 13.5. The highest BCUT2D eigenvalue weighted by molar-refractivity contribution is 7.11. The summed E-state index contributed by atoms with van der Waals surface area (Å²) < 4.78 is 118. The van der Waals surface area contributed by atoms with Gasteiger partial charge in [0.1, 0.15) is 0 Å². The van der Waals surface area contributed by atoms with E-state index in [1.165, 1.54) is 0 Å². The highest BCUT2D eigenvalue weighted by atomic mass is 28.6. The van der Waals surface area contributed by atoms with Crippen LogP contribution >= 0.6 is 0 Å². The molecular weight excluding hydrogens is 1280 g/mol. The van der Waals surface area contributed by atoms with Crippen LogP contribution in [-0.4, -0.2) is 104 Å². The van der Waals surface area contributed by atoms with E-state index in [0.717, 1.165) is 0 Å². The Morgan fingerprint density at radius 3 is 0.442 bits per heavy atom. The number of rotatable bonds is 16. The maximum atomic E-state index is 8.78. The van der Waals surface area contributed by atoms with E-state index in [1.54, 1.807) is 0 Å². The Morgan fingerprint density at radius 2 is 0.314 bits per heavy atom. The van der Waals surface area contributed by atoms with Crippen LogP contribution in [0.5, 0.6) is 0 Å². The van der Waals surface area contributed by atoms with Gasteiger partial charge in [0, 0.05) is 41.5 Å². The minimum Gasteiger partial charge on any atom is -0.413 e. The van der Waals surface area contributed by atoms with Crippen molar-refractivity contribution in [3.05, 3.63) is 243 Å². The van der Waals surface area contributed by atoms with Gasteiger partial charge in [-0.05, 0) is 78.6 Å². The van der Waals surface area contributed by atoms with E-state index in [4.69, 9.17) is 57.6 Å². The molecule has 4 aliphatic heterocycles. The molecule has 448 valence electrons. The lowest BCUT2D eigenvalue weighted by Gasteiger charge is -2.58. The predicted octanol–water partition coefficient (Wildman–Crippen LogP) is 8.37. The third-order valence-corrected chi connectivity index (χ3v) is 57.4. The van der Waals surface area contributed by atoms with Gasteiger partial charge >= 0.3 is 70.4 Å². The first-order valence-electron chi connectivity index (χ1n) is 29.0. The van der Waals surface area contributed by atoms with Crippen molar-refractivity contribution < 1.29 is 57.6 Å². The summed E-state index contributed by atoms with van der Waals surface area (Å²) in [4.78, 5) is 0. The number of hydrogen-bond donors (Lipinski definition) is 0. The molecule has 12 rings (SSSR count). The lowest BCUT2D eigenvalue weighted by Crippen LogP contribution is -2.91. The normalized spacial score (nSPS) is 29.3. The van der Waals surface area contributed by atoms with Crippen molar-refractivity contribution in [3.63, 3.8) is 0 Å². The van der Waals surface area contributed by atoms with Gasteiger partial charge in [-0.25, -0.2) is 0 Å². The molecular formula is C60H76O14Si12. The third kappa shape index (κ3) is 13.5. The zero-order valence-corrected chi connectivity index (χ0v) is 62.8. The summed E-state index contributed by atoms with van der Waals surface area (Å²) in [6.07, 6.45) is 0. The molecule has 0 atom stereocenters. The van der Waals surface area contributed by atoms with Crippen LogP contribution in [0, 0.1) is 0 Å². The van der Waals surface area contributed by atoms with Gasteiger partial charge in [0.25, 0.3) is 0 Å². The van der Waals surface area contributed by atoms with Crippen LogP contribution in [0.3, 0.4) is 0 Å². The number of hydrogen-bond acceptors (Lipinski definition) is 14. The highest BCUT2D eigenvalue weighted by Crippen LogP contribution is 2.44. The fourth-order valence-electron chi connectivity index (χ4n) is 10.4. The van der Waals surface area contributed by atoms with E-state index in [0.29, 0.717) is 41.5 Å². The number of fused-ring (bicyclic) bond motifs is 4. The predicted molar refractivity (Wildman–Crippen MR) is 363 cm³/mol. The summed E-state index contributed by atoms with van der Waals surface area (Å²) in [6.45, 7) is 25.4. The van der Waals surface area contributed by atoms with Crippen LogP contribution in [0.4, 0.5) is 0 Å². The molecule has 0 unspecified atom stereocenters. The molecule has 86 heavy (non-hydrogen) atoms. The Kier molecular flexibility index (Phi) is 17.8. The molecule has 4 aliphatic rings. The summed E-state index contributed by atoms with van der Waals surface area (Å²) in [5.74, 6) is 0. The maximum Gasteiger partial charge on any atom is 0.515 e. The summed E-state index contributed by atoms with van der Waals surface area (Å²) in [5, 5.41) is 4.46. The zero-order chi connectivity index (χ0) is 60.8. The smallest absolute Gasteiger partial charge is 0.413 e. The summed E-state index contributed by atoms with van der Waals surface area (Å²) in [5.41, 5.74) is 0. The van der Waals surface area contributed by atoms with E-state index in [-0.39, 0.29) is 0 Å². The van der Waals surface area contributed by atoms with Gasteiger partial charge in [0.2, 0.25) is 0 Å². The lowest BCUT2D eigenvalue weighted by molar-refractivity contribution is 0.0484. The quantitative estimate of drug-likeness (QED) is 0.0860. The minimum atomic E-state index is -5.23. The second kappa shape index (κ2) is 24.2. The standard InChI is InChI=1S/C60H76O14Si12/c1-75(2,3)61-79(53-37-21-13-22-38-53)65-83(57-45-29-17-30-46-57)67-80(62-76(4,5)6,54-39-23-14-24-40-54)68-84(66-79,58-47-31-18-32-48-58)74-86(60-51-35-20-36-52-60)70-81(63-77(7,8)9,55-41-25-15-26-42-55)69-85(73-83,59-49-33-19-34-50-59)71-82(72-86,64-78(10,11)12)56-43-27-16-28-44-56/h13-52H,1-12H3. The Labute approximate surface area is 520 Å². The van der Waals surface area contributed by atoms with Crippen LogP contribution in [0.15, 0.2) is 243 Å². The molecule has 0 aromatic heterocycles. The van der Waals surface area contributed by atoms with Crippen LogP contribution in [0.2, 0.25) is 78.6 Å². The fraction of sp³-hybridized carbons (Fsp3) is 0.200. The van der Waals surface area contributed by atoms with Gasteiger partial charge in [0.05, 0.1) is 0 Å². The molecule has 0 N–H and O–H groups in total. The first-order chi connectivity index (χ1) is 40.7. The maximum absolute atomic E-state index is 8.78. The van der Waals surface area contributed by atoms with E-state index in [9.17, 15) is 0 Å². The molecule has 0 saturated carbocycles. The van der Waals surface area contributed by atoms with Gasteiger partial charge in [-0.1, -0.05) is 243 Å². The molecule has 0 radical (unpaired) electrons. The van der Waals surface area contributed by atoms with Gasteiger partial charge in [-0.15, -0.1) is 0 Å². The SMILES string of the molecule is C[Si](C)(C)O[Si]1(c2ccccc2)O[Si]2(c3ccccc3)O[Si](O[Si](C)(C)C)(c3ccccc3)O[Si](c3ccccc3)(O1)O[Si]1(c3ccccc3)O[Si](O[Si](C)(C)C)(c3ccccc3)O[Si](c3ccccc3)(O[Si](O[Si](C)(C)C)(c3ccccc3)O1)O2.